The number of nitrogens with zero attached hydrogens (tertiary/aromatic N) is 1. The summed E-state index contributed by atoms with van der Waals surface area (Å²) in [7, 11) is 0. The molecule has 1 aliphatic heterocycles. The Kier molecular flexibility index (Phi) is 2.80. The van der Waals surface area contributed by atoms with E-state index in [1.54, 1.807) is 16.2 Å². The highest BCUT2D eigenvalue weighted by molar-refractivity contribution is 7.14. The largest absolute Gasteiger partial charge is 0.396 e. The Morgan fingerprint density at radius 2 is 2.27 bits per heavy atom. The Labute approximate surface area is 93.3 Å². The normalized spacial score (nSPS) is 16.6. The fourth-order valence-electron chi connectivity index (χ4n) is 1.69. The Balaban J connectivity index is 2.03. The zero-order valence-corrected chi connectivity index (χ0v) is 9.80. The smallest absolute Gasteiger partial charge is 0.263 e. The number of amides is 1. The molecule has 82 valence electrons. The van der Waals surface area contributed by atoms with Crippen molar-refractivity contribution in [1.82, 2.24) is 4.90 Å². The second kappa shape index (κ2) is 3.94. The van der Waals surface area contributed by atoms with E-state index in [2.05, 4.69) is 0 Å². The van der Waals surface area contributed by atoms with Crippen LogP contribution in [-0.2, 0) is 0 Å². The minimum atomic E-state index is 0.112. The molecule has 15 heavy (non-hydrogen) atoms. The number of hydrogen-bond acceptors (Lipinski definition) is 3. The number of rotatable bonds is 2. The molecule has 1 aliphatic rings. The molecule has 0 spiro atoms. The quantitative estimate of drug-likeness (QED) is 0.827. The van der Waals surface area contributed by atoms with Gasteiger partial charge in [0.25, 0.3) is 5.91 Å². The van der Waals surface area contributed by atoms with Gasteiger partial charge in [-0.3, -0.25) is 4.79 Å². The molecule has 1 aromatic heterocycles. The Hall–Kier alpha value is -0.870. The van der Waals surface area contributed by atoms with Gasteiger partial charge in [0.2, 0.25) is 0 Å². The zero-order valence-electron chi connectivity index (χ0n) is 8.99. The van der Waals surface area contributed by atoms with Crippen LogP contribution in [0.25, 0.3) is 0 Å². The van der Waals surface area contributed by atoms with E-state index >= 15 is 0 Å². The topological polar surface area (TPSA) is 40.5 Å². The summed E-state index contributed by atoms with van der Waals surface area (Å²) < 4.78 is 0. The van der Waals surface area contributed by atoms with Gasteiger partial charge in [-0.1, -0.05) is 0 Å². The highest BCUT2D eigenvalue weighted by Gasteiger charge is 2.31. The third-order valence-electron chi connectivity index (χ3n) is 2.88. The van der Waals surface area contributed by atoms with Crippen molar-refractivity contribution >= 4 is 17.2 Å². The van der Waals surface area contributed by atoms with E-state index in [1.807, 2.05) is 19.9 Å². The summed E-state index contributed by atoms with van der Waals surface area (Å²) in [6.45, 7) is 5.64. The van der Waals surface area contributed by atoms with Gasteiger partial charge < -0.3 is 10.0 Å². The first-order chi connectivity index (χ1) is 7.11. The predicted molar refractivity (Wildman–Crippen MR) is 60.3 cm³/mol. The van der Waals surface area contributed by atoms with Crippen LogP contribution in [0.3, 0.4) is 0 Å². The Bertz CT molecular complexity index is 360. The first-order valence-corrected chi connectivity index (χ1v) is 5.90. The van der Waals surface area contributed by atoms with Crippen LogP contribution in [0.2, 0.25) is 0 Å². The van der Waals surface area contributed by atoms with Crippen LogP contribution in [0.15, 0.2) is 6.07 Å². The van der Waals surface area contributed by atoms with Crippen molar-refractivity contribution in [3.05, 3.63) is 21.4 Å². The van der Waals surface area contributed by atoms with Gasteiger partial charge in [0.05, 0.1) is 4.88 Å². The third kappa shape index (κ3) is 1.92. The van der Waals surface area contributed by atoms with Crippen molar-refractivity contribution < 1.29 is 9.90 Å². The molecule has 0 aliphatic carbocycles. The van der Waals surface area contributed by atoms with Gasteiger partial charge in [0.15, 0.2) is 0 Å². The molecule has 0 radical (unpaired) electrons. The van der Waals surface area contributed by atoms with Gasteiger partial charge in [0, 0.05) is 30.5 Å². The van der Waals surface area contributed by atoms with Crippen molar-refractivity contribution in [3.8, 4) is 0 Å². The van der Waals surface area contributed by atoms with Crippen LogP contribution < -0.4 is 0 Å². The van der Waals surface area contributed by atoms with Crippen molar-refractivity contribution in [2.45, 2.75) is 13.8 Å². The number of aliphatic hydroxyl groups is 1. The molecule has 0 bridgehead atoms. The number of carbonyl (C=O) groups is 1. The third-order valence-corrected chi connectivity index (χ3v) is 4.02. The average Bonchev–Trinajstić information content (AvgIpc) is 2.45. The van der Waals surface area contributed by atoms with Crippen LogP contribution in [0.1, 0.15) is 20.1 Å². The van der Waals surface area contributed by atoms with E-state index in [9.17, 15) is 4.79 Å². The lowest BCUT2D eigenvalue weighted by molar-refractivity contribution is 0.0366. The number of hydrogen-bond donors (Lipinski definition) is 1. The minimum Gasteiger partial charge on any atom is -0.396 e. The maximum atomic E-state index is 11.9. The summed E-state index contributed by atoms with van der Waals surface area (Å²) >= 11 is 1.56. The van der Waals surface area contributed by atoms with E-state index in [0.717, 1.165) is 4.88 Å². The van der Waals surface area contributed by atoms with Crippen LogP contribution in [0.4, 0.5) is 0 Å². The van der Waals surface area contributed by atoms with Crippen molar-refractivity contribution in [3.63, 3.8) is 0 Å². The van der Waals surface area contributed by atoms with E-state index < -0.39 is 0 Å². The molecule has 0 unspecified atom stereocenters. The summed E-state index contributed by atoms with van der Waals surface area (Å²) in [6.07, 6.45) is 0. The molecule has 1 fully saturated rings. The molecular formula is C11H15NO2S. The highest BCUT2D eigenvalue weighted by atomic mass is 32.1. The van der Waals surface area contributed by atoms with Crippen LogP contribution >= 0.6 is 11.3 Å². The van der Waals surface area contributed by atoms with Crippen LogP contribution in [-0.4, -0.2) is 35.6 Å². The first-order valence-electron chi connectivity index (χ1n) is 5.09. The predicted octanol–water partition coefficient (Wildman–Crippen LogP) is 1.43. The second-order valence-corrected chi connectivity index (χ2v) is 5.36. The standard InChI is InChI=1S/C11H15NO2S/c1-7-3-10(15-8(7)2)11(14)12-4-9(5-12)6-13/h3,9,13H,4-6H2,1-2H3. The molecule has 3 nitrogen and oxygen atoms in total. The SMILES string of the molecule is Cc1cc(C(=O)N2CC(CO)C2)sc1C. The summed E-state index contributed by atoms with van der Waals surface area (Å²) in [5.41, 5.74) is 1.18. The summed E-state index contributed by atoms with van der Waals surface area (Å²) in [5, 5.41) is 8.87. The van der Waals surface area contributed by atoms with E-state index in [4.69, 9.17) is 5.11 Å². The zero-order chi connectivity index (χ0) is 11.0. The fourth-order valence-corrected chi connectivity index (χ4v) is 2.69. The minimum absolute atomic E-state index is 0.112. The molecule has 1 N–H and O–H groups in total. The summed E-state index contributed by atoms with van der Waals surface area (Å²) in [6, 6.07) is 1.95. The molecule has 0 saturated carbocycles. The van der Waals surface area contributed by atoms with Crippen LogP contribution in [0, 0.1) is 19.8 Å². The second-order valence-electron chi connectivity index (χ2n) is 4.11. The van der Waals surface area contributed by atoms with Gasteiger partial charge in [-0.2, -0.15) is 0 Å². The van der Waals surface area contributed by atoms with Gasteiger partial charge >= 0.3 is 0 Å². The molecule has 4 heteroatoms. The maximum Gasteiger partial charge on any atom is 0.263 e. The molecule has 1 saturated heterocycles. The lowest BCUT2D eigenvalue weighted by Gasteiger charge is -2.37. The monoisotopic (exact) mass is 225 g/mol. The van der Waals surface area contributed by atoms with Crippen molar-refractivity contribution in [2.75, 3.05) is 19.7 Å². The first kappa shape index (κ1) is 10.6. The van der Waals surface area contributed by atoms with Gasteiger partial charge in [-0.25, -0.2) is 0 Å². The molecular weight excluding hydrogens is 210 g/mol. The van der Waals surface area contributed by atoms with Crippen molar-refractivity contribution in [1.29, 1.82) is 0 Å². The van der Waals surface area contributed by atoms with E-state index in [1.165, 1.54) is 10.4 Å². The number of aliphatic hydroxyl groups excluding tert-OH is 1. The lowest BCUT2D eigenvalue weighted by atomic mass is 10.0. The van der Waals surface area contributed by atoms with Crippen molar-refractivity contribution in [2.24, 2.45) is 5.92 Å². The number of carbonyl (C=O) groups excluding carboxylic acids is 1. The van der Waals surface area contributed by atoms with Gasteiger partial charge in [-0.05, 0) is 25.5 Å². The van der Waals surface area contributed by atoms with E-state index in [0.29, 0.717) is 13.1 Å². The maximum absolute atomic E-state index is 11.9. The van der Waals surface area contributed by atoms with E-state index in [-0.39, 0.29) is 18.4 Å². The number of aryl methyl sites for hydroxylation is 2. The summed E-state index contributed by atoms with van der Waals surface area (Å²) in [5.74, 6) is 0.400. The summed E-state index contributed by atoms with van der Waals surface area (Å²) in [4.78, 5) is 15.7. The molecule has 0 aromatic carbocycles. The molecule has 1 aromatic rings. The molecule has 2 rings (SSSR count). The highest BCUT2D eigenvalue weighted by Crippen LogP contribution is 2.25. The Morgan fingerprint density at radius 3 is 2.73 bits per heavy atom. The Morgan fingerprint density at radius 1 is 1.60 bits per heavy atom. The number of thiophene rings is 1. The molecule has 0 atom stereocenters. The number of likely N-dealkylation sites (tertiary alicyclic amines) is 1. The lowest BCUT2D eigenvalue weighted by Crippen LogP contribution is -2.51. The average molecular weight is 225 g/mol. The van der Waals surface area contributed by atoms with Gasteiger partial charge in [0.1, 0.15) is 0 Å². The van der Waals surface area contributed by atoms with Crippen LogP contribution in [0.5, 0.6) is 0 Å². The van der Waals surface area contributed by atoms with Gasteiger partial charge in [-0.15, -0.1) is 11.3 Å². The molecule has 1 amide bonds. The fraction of sp³-hybridized carbons (Fsp3) is 0.545. The molecule has 2 heterocycles.